The smallest absolute Gasteiger partial charge is 0.404 e. The van der Waals surface area contributed by atoms with E-state index >= 15 is 0 Å². The molecule has 1 aliphatic heterocycles. The Morgan fingerprint density at radius 1 is 1.32 bits per heavy atom. The van der Waals surface area contributed by atoms with Crippen molar-refractivity contribution in [2.75, 3.05) is 18.0 Å². The third-order valence-electron chi connectivity index (χ3n) is 3.65. The van der Waals surface area contributed by atoms with Gasteiger partial charge in [0.05, 0.1) is 5.56 Å². The molecular weight excluding hydrogens is 304 g/mol. The Balaban J connectivity index is 1.68. The van der Waals surface area contributed by atoms with Crippen molar-refractivity contribution in [1.29, 1.82) is 0 Å². The van der Waals surface area contributed by atoms with Gasteiger partial charge in [0, 0.05) is 30.7 Å². The summed E-state index contributed by atoms with van der Waals surface area (Å²) in [7, 11) is 0. The van der Waals surface area contributed by atoms with Gasteiger partial charge in [0.15, 0.2) is 5.82 Å². The predicted octanol–water partition coefficient (Wildman–Crippen LogP) is 2.15. The molecule has 1 aromatic carbocycles. The molecule has 22 heavy (non-hydrogen) atoms. The molecule has 0 aliphatic carbocycles. The van der Waals surface area contributed by atoms with Crippen LogP contribution in [-0.2, 0) is 0 Å². The maximum Gasteiger partial charge on any atom is 0.404 e. The van der Waals surface area contributed by atoms with Crippen LogP contribution in [0.2, 0.25) is 0 Å². The molecule has 1 aliphatic rings. The second-order valence-electron chi connectivity index (χ2n) is 5.13. The number of carbonyl (C=O) groups is 1. The van der Waals surface area contributed by atoms with Crippen molar-refractivity contribution < 1.29 is 15.0 Å². The molecule has 1 aromatic heterocycles. The highest BCUT2D eigenvalue weighted by Gasteiger charge is 2.23. The Bertz CT molecular complexity index is 668. The summed E-state index contributed by atoms with van der Waals surface area (Å²) in [6.45, 7) is 1.47. The molecule has 0 atom stereocenters. The average molecular weight is 320 g/mol. The van der Waals surface area contributed by atoms with E-state index in [0.717, 1.165) is 31.1 Å². The Labute approximate surface area is 131 Å². The van der Waals surface area contributed by atoms with Gasteiger partial charge in [0.1, 0.15) is 5.75 Å². The standard InChI is InChI=1S/C14H16N4O3S/c19-11-4-2-1-3-10(11)12-16-13(22-17-12)18-7-5-9(6-8-18)15-14(20)21/h1-4,9,15,19H,5-8H2,(H,20,21). The SMILES string of the molecule is O=C(O)NC1CCN(c2nc(-c3ccccc3O)ns2)CC1. The van der Waals surface area contributed by atoms with E-state index in [1.54, 1.807) is 18.2 Å². The molecule has 0 spiro atoms. The van der Waals surface area contributed by atoms with E-state index in [4.69, 9.17) is 5.11 Å². The van der Waals surface area contributed by atoms with Crippen molar-refractivity contribution in [3.05, 3.63) is 24.3 Å². The summed E-state index contributed by atoms with van der Waals surface area (Å²) in [5.74, 6) is 0.681. The van der Waals surface area contributed by atoms with Gasteiger partial charge in [-0.15, -0.1) is 0 Å². The lowest BCUT2D eigenvalue weighted by molar-refractivity contribution is 0.187. The number of nitrogens with one attached hydrogen (secondary N) is 1. The van der Waals surface area contributed by atoms with Gasteiger partial charge in [0.25, 0.3) is 0 Å². The second-order valence-corrected chi connectivity index (χ2v) is 5.86. The molecule has 2 heterocycles. The lowest BCUT2D eigenvalue weighted by atomic mass is 10.1. The molecule has 3 rings (SSSR count). The van der Waals surface area contributed by atoms with Crippen molar-refractivity contribution in [3.8, 4) is 17.1 Å². The normalized spacial score (nSPS) is 15.7. The first-order valence-corrected chi connectivity index (χ1v) is 7.77. The van der Waals surface area contributed by atoms with Crippen molar-refractivity contribution in [2.45, 2.75) is 18.9 Å². The van der Waals surface area contributed by atoms with Crippen molar-refractivity contribution >= 4 is 22.8 Å². The van der Waals surface area contributed by atoms with E-state index in [9.17, 15) is 9.90 Å². The number of carboxylic acid groups (broad SMARTS) is 1. The number of anilines is 1. The number of aromatic nitrogens is 2. The van der Waals surface area contributed by atoms with Crippen molar-refractivity contribution in [3.63, 3.8) is 0 Å². The van der Waals surface area contributed by atoms with Crippen LogP contribution in [0.4, 0.5) is 9.93 Å². The molecule has 8 heteroatoms. The zero-order valence-electron chi connectivity index (χ0n) is 11.8. The van der Waals surface area contributed by atoms with Crippen LogP contribution in [0.5, 0.6) is 5.75 Å². The van der Waals surface area contributed by atoms with Crippen LogP contribution in [0.3, 0.4) is 0 Å². The van der Waals surface area contributed by atoms with Gasteiger partial charge < -0.3 is 20.4 Å². The van der Waals surface area contributed by atoms with Gasteiger partial charge in [-0.2, -0.15) is 9.36 Å². The highest BCUT2D eigenvalue weighted by Crippen LogP contribution is 2.30. The van der Waals surface area contributed by atoms with Crippen LogP contribution < -0.4 is 10.2 Å². The summed E-state index contributed by atoms with van der Waals surface area (Å²) in [4.78, 5) is 17.2. The molecule has 1 amide bonds. The molecule has 7 nitrogen and oxygen atoms in total. The molecule has 116 valence electrons. The number of phenols is 1. The molecule has 0 unspecified atom stereocenters. The fourth-order valence-electron chi connectivity index (χ4n) is 2.51. The second kappa shape index (κ2) is 6.18. The zero-order chi connectivity index (χ0) is 15.5. The predicted molar refractivity (Wildman–Crippen MR) is 83.4 cm³/mol. The molecule has 1 saturated heterocycles. The summed E-state index contributed by atoms with van der Waals surface area (Å²) in [6.07, 6.45) is 0.520. The van der Waals surface area contributed by atoms with Gasteiger partial charge in [-0.1, -0.05) is 12.1 Å². The van der Waals surface area contributed by atoms with Gasteiger partial charge in [-0.3, -0.25) is 0 Å². The van der Waals surface area contributed by atoms with E-state index < -0.39 is 6.09 Å². The van der Waals surface area contributed by atoms with E-state index in [-0.39, 0.29) is 11.8 Å². The Kier molecular flexibility index (Phi) is 4.10. The number of nitrogens with zero attached hydrogens (tertiary/aromatic N) is 3. The topological polar surface area (TPSA) is 98.6 Å². The fraction of sp³-hybridized carbons (Fsp3) is 0.357. The molecular formula is C14H16N4O3S. The first kappa shape index (κ1) is 14.6. The van der Waals surface area contributed by atoms with Crippen LogP contribution in [0, 0.1) is 0 Å². The minimum absolute atomic E-state index is 0.000639. The van der Waals surface area contributed by atoms with Crippen LogP contribution in [0.1, 0.15) is 12.8 Å². The minimum atomic E-state index is -0.976. The molecule has 0 saturated carbocycles. The maximum absolute atomic E-state index is 10.6. The average Bonchev–Trinajstić information content (AvgIpc) is 2.97. The molecule has 0 radical (unpaired) electrons. The number of phenolic OH excluding ortho intramolecular Hbond substituents is 1. The number of piperidine rings is 1. The number of rotatable bonds is 3. The minimum Gasteiger partial charge on any atom is -0.507 e. The van der Waals surface area contributed by atoms with Gasteiger partial charge in [-0.25, -0.2) is 4.79 Å². The number of para-hydroxylation sites is 1. The van der Waals surface area contributed by atoms with Gasteiger partial charge in [0.2, 0.25) is 5.13 Å². The van der Waals surface area contributed by atoms with E-state index in [2.05, 4.69) is 19.6 Å². The molecule has 0 bridgehead atoms. The highest BCUT2D eigenvalue weighted by atomic mass is 32.1. The summed E-state index contributed by atoms with van der Waals surface area (Å²) < 4.78 is 4.31. The number of amides is 1. The van der Waals surface area contributed by atoms with Gasteiger partial charge in [-0.05, 0) is 25.0 Å². The van der Waals surface area contributed by atoms with Crippen LogP contribution in [-0.4, -0.2) is 44.8 Å². The molecule has 1 fully saturated rings. The van der Waals surface area contributed by atoms with Crippen molar-refractivity contribution in [1.82, 2.24) is 14.7 Å². The Hall–Kier alpha value is -2.35. The summed E-state index contributed by atoms with van der Waals surface area (Å²) in [5.41, 5.74) is 0.618. The lowest BCUT2D eigenvalue weighted by Crippen LogP contribution is -2.44. The highest BCUT2D eigenvalue weighted by molar-refractivity contribution is 7.09. The Morgan fingerprint density at radius 3 is 2.73 bits per heavy atom. The lowest BCUT2D eigenvalue weighted by Gasteiger charge is -2.31. The summed E-state index contributed by atoms with van der Waals surface area (Å²) in [6, 6.07) is 6.98. The van der Waals surface area contributed by atoms with E-state index in [1.165, 1.54) is 11.5 Å². The zero-order valence-corrected chi connectivity index (χ0v) is 12.6. The monoisotopic (exact) mass is 320 g/mol. The number of benzene rings is 1. The first-order chi connectivity index (χ1) is 10.6. The quantitative estimate of drug-likeness (QED) is 0.801. The number of hydrogen-bond donors (Lipinski definition) is 3. The third kappa shape index (κ3) is 3.11. The third-order valence-corrected chi connectivity index (χ3v) is 4.43. The van der Waals surface area contributed by atoms with Crippen LogP contribution >= 0.6 is 11.5 Å². The number of aromatic hydroxyl groups is 1. The summed E-state index contributed by atoms with van der Waals surface area (Å²) in [5, 5.41) is 21.9. The first-order valence-electron chi connectivity index (χ1n) is 7.00. The summed E-state index contributed by atoms with van der Waals surface area (Å²) >= 11 is 1.29. The van der Waals surface area contributed by atoms with Gasteiger partial charge >= 0.3 is 6.09 Å². The Morgan fingerprint density at radius 2 is 2.05 bits per heavy atom. The van der Waals surface area contributed by atoms with E-state index in [1.807, 2.05) is 6.07 Å². The fourth-order valence-corrected chi connectivity index (χ4v) is 3.24. The molecule has 2 aromatic rings. The van der Waals surface area contributed by atoms with Crippen molar-refractivity contribution in [2.24, 2.45) is 0 Å². The molecule has 3 N–H and O–H groups in total. The van der Waals surface area contributed by atoms with E-state index in [0.29, 0.717) is 11.4 Å². The maximum atomic E-state index is 10.6. The largest absolute Gasteiger partial charge is 0.507 e. The van der Waals surface area contributed by atoms with Crippen LogP contribution in [0.15, 0.2) is 24.3 Å². The van der Waals surface area contributed by atoms with Crippen LogP contribution in [0.25, 0.3) is 11.4 Å². The number of hydrogen-bond acceptors (Lipinski definition) is 6.